The molecule has 0 N–H and O–H groups in total. The highest BCUT2D eigenvalue weighted by atomic mass is 16.7. The standard InChI is InChI=1S/C14H16N2O8/c15-7-19-3-1-11(17)23-9-5-21-14-10(6-22-13(9)14)24-12(18)2-4-20-8-16/h9-10,13-14H,1-6H2/t9-,10-,13+,14+/m0/s1. The number of rotatable bonds is 8. The molecule has 10 heteroatoms. The van der Waals surface area contributed by atoms with Crippen molar-refractivity contribution in [3.63, 3.8) is 0 Å². The van der Waals surface area contributed by atoms with Crippen LogP contribution in [0.25, 0.3) is 0 Å². The molecule has 0 spiro atoms. The van der Waals surface area contributed by atoms with Gasteiger partial charge in [-0.2, -0.15) is 10.5 Å². The quantitative estimate of drug-likeness (QED) is 0.319. The van der Waals surface area contributed by atoms with E-state index in [1.165, 1.54) is 12.5 Å². The fourth-order valence-electron chi connectivity index (χ4n) is 2.45. The van der Waals surface area contributed by atoms with E-state index in [2.05, 4.69) is 9.47 Å². The van der Waals surface area contributed by atoms with E-state index in [0.29, 0.717) is 0 Å². The van der Waals surface area contributed by atoms with Gasteiger partial charge in [0, 0.05) is 0 Å². The van der Waals surface area contributed by atoms with E-state index in [0.717, 1.165) is 0 Å². The van der Waals surface area contributed by atoms with Crippen LogP contribution in [0.4, 0.5) is 0 Å². The molecule has 0 aliphatic carbocycles. The Morgan fingerprint density at radius 3 is 1.67 bits per heavy atom. The Bertz CT molecular complexity index is 492. The lowest BCUT2D eigenvalue weighted by Crippen LogP contribution is -2.36. The summed E-state index contributed by atoms with van der Waals surface area (Å²) in [4.78, 5) is 23.2. The highest BCUT2D eigenvalue weighted by molar-refractivity contribution is 5.70. The van der Waals surface area contributed by atoms with Crippen LogP contribution in [0.2, 0.25) is 0 Å². The first-order chi connectivity index (χ1) is 11.7. The number of nitriles is 2. The van der Waals surface area contributed by atoms with Gasteiger partial charge < -0.3 is 28.4 Å². The number of nitrogens with zero attached hydrogens (tertiary/aromatic N) is 2. The average Bonchev–Trinajstić information content (AvgIpc) is 3.12. The van der Waals surface area contributed by atoms with E-state index in [9.17, 15) is 9.59 Å². The lowest BCUT2D eigenvalue weighted by atomic mass is 10.1. The SMILES string of the molecule is N#COCCC(=O)O[C@H]1CO[C@H]2[C@@H]1OC[C@@H]2OC(=O)CCOC#N. The maximum Gasteiger partial charge on any atom is 0.309 e. The number of esters is 2. The molecule has 2 aliphatic rings. The fourth-order valence-corrected chi connectivity index (χ4v) is 2.45. The van der Waals surface area contributed by atoms with Crippen LogP contribution < -0.4 is 0 Å². The van der Waals surface area contributed by atoms with Gasteiger partial charge in [0.25, 0.3) is 12.5 Å². The van der Waals surface area contributed by atoms with Crippen LogP contribution >= 0.6 is 0 Å². The van der Waals surface area contributed by atoms with Crippen LogP contribution in [0.3, 0.4) is 0 Å². The third-order valence-electron chi connectivity index (χ3n) is 3.47. The first kappa shape index (κ1) is 17.8. The Labute approximate surface area is 137 Å². The molecule has 2 heterocycles. The van der Waals surface area contributed by atoms with Crippen molar-refractivity contribution in [3.05, 3.63) is 0 Å². The van der Waals surface area contributed by atoms with Gasteiger partial charge in [-0.25, -0.2) is 0 Å². The van der Waals surface area contributed by atoms with Crippen molar-refractivity contribution in [1.82, 2.24) is 0 Å². The summed E-state index contributed by atoms with van der Waals surface area (Å²) in [5, 5.41) is 16.5. The van der Waals surface area contributed by atoms with E-state index in [1.807, 2.05) is 0 Å². The summed E-state index contributed by atoms with van der Waals surface area (Å²) in [6.07, 6.45) is 0.581. The summed E-state index contributed by atoms with van der Waals surface area (Å²) in [7, 11) is 0. The van der Waals surface area contributed by atoms with Crippen LogP contribution in [-0.4, -0.2) is 62.8 Å². The Morgan fingerprint density at radius 1 is 0.875 bits per heavy atom. The molecule has 0 radical (unpaired) electrons. The number of hydrogen-bond donors (Lipinski definition) is 0. The monoisotopic (exact) mass is 340 g/mol. The highest BCUT2D eigenvalue weighted by Gasteiger charge is 2.51. The Hall–Kier alpha value is -2.56. The summed E-state index contributed by atoms with van der Waals surface area (Å²) in [6.45, 7) is 0.156. The molecule has 130 valence electrons. The molecule has 0 aromatic carbocycles. The zero-order chi connectivity index (χ0) is 17.4. The van der Waals surface area contributed by atoms with Gasteiger partial charge in [-0.05, 0) is 0 Å². The average molecular weight is 340 g/mol. The van der Waals surface area contributed by atoms with Crippen molar-refractivity contribution in [2.24, 2.45) is 0 Å². The van der Waals surface area contributed by atoms with E-state index >= 15 is 0 Å². The summed E-state index contributed by atoms with van der Waals surface area (Å²) in [6, 6.07) is 0. The second-order valence-corrected chi connectivity index (χ2v) is 5.03. The van der Waals surface area contributed by atoms with Crippen molar-refractivity contribution >= 4 is 11.9 Å². The molecule has 0 saturated carbocycles. The third kappa shape index (κ3) is 4.72. The zero-order valence-corrected chi connectivity index (χ0v) is 12.7. The van der Waals surface area contributed by atoms with Crippen LogP contribution in [0.5, 0.6) is 0 Å². The van der Waals surface area contributed by atoms with Gasteiger partial charge in [0.2, 0.25) is 0 Å². The van der Waals surface area contributed by atoms with E-state index in [4.69, 9.17) is 29.5 Å². The maximum atomic E-state index is 11.6. The molecule has 0 aromatic heterocycles. The van der Waals surface area contributed by atoms with Crippen molar-refractivity contribution in [1.29, 1.82) is 10.5 Å². The molecule has 2 saturated heterocycles. The molecular formula is C14H16N2O8. The Balaban J connectivity index is 1.75. The van der Waals surface area contributed by atoms with Crippen molar-refractivity contribution in [3.8, 4) is 12.5 Å². The number of carbonyl (C=O) groups is 2. The lowest BCUT2D eigenvalue weighted by molar-refractivity contribution is -0.156. The third-order valence-corrected chi connectivity index (χ3v) is 3.47. The second kappa shape index (κ2) is 8.91. The number of fused-ring (bicyclic) bond motifs is 1. The summed E-state index contributed by atoms with van der Waals surface area (Å²) >= 11 is 0. The highest BCUT2D eigenvalue weighted by Crippen LogP contribution is 2.30. The van der Waals surface area contributed by atoms with Crippen molar-refractivity contribution in [2.75, 3.05) is 26.4 Å². The largest absolute Gasteiger partial charge is 0.457 e. The summed E-state index contributed by atoms with van der Waals surface area (Å²) < 4.78 is 30.3. The molecule has 10 nitrogen and oxygen atoms in total. The van der Waals surface area contributed by atoms with Crippen LogP contribution in [0.1, 0.15) is 12.8 Å². The van der Waals surface area contributed by atoms with Gasteiger partial charge in [-0.15, -0.1) is 0 Å². The van der Waals surface area contributed by atoms with Gasteiger partial charge >= 0.3 is 11.9 Å². The molecule has 2 aliphatic heterocycles. The molecule has 2 fully saturated rings. The van der Waals surface area contributed by atoms with E-state index < -0.39 is 36.4 Å². The van der Waals surface area contributed by atoms with Gasteiger partial charge in [0.15, 0.2) is 12.2 Å². The summed E-state index contributed by atoms with van der Waals surface area (Å²) in [5.41, 5.74) is 0. The first-order valence-electron chi connectivity index (χ1n) is 7.29. The summed E-state index contributed by atoms with van der Waals surface area (Å²) in [5.74, 6) is -1.06. The Morgan fingerprint density at radius 2 is 1.29 bits per heavy atom. The molecule has 0 unspecified atom stereocenters. The molecule has 4 atom stereocenters. The number of hydrogen-bond acceptors (Lipinski definition) is 10. The van der Waals surface area contributed by atoms with Crippen LogP contribution in [0, 0.1) is 23.0 Å². The smallest absolute Gasteiger partial charge is 0.309 e. The van der Waals surface area contributed by atoms with Gasteiger partial charge in [0.1, 0.15) is 25.4 Å². The van der Waals surface area contributed by atoms with Gasteiger partial charge in [-0.1, -0.05) is 0 Å². The minimum Gasteiger partial charge on any atom is -0.457 e. The maximum absolute atomic E-state index is 11.6. The van der Waals surface area contributed by atoms with Crippen LogP contribution in [-0.2, 0) is 38.0 Å². The van der Waals surface area contributed by atoms with Crippen molar-refractivity contribution in [2.45, 2.75) is 37.3 Å². The minimum atomic E-state index is -0.602. The van der Waals surface area contributed by atoms with E-state index in [-0.39, 0.29) is 39.3 Å². The predicted molar refractivity (Wildman–Crippen MR) is 71.6 cm³/mol. The number of carbonyl (C=O) groups excluding carboxylic acids is 2. The first-order valence-corrected chi connectivity index (χ1v) is 7.29. The Kier molecular flexibility index (Phi) is 6.61. The topological polar surface area (TPSA) is 137 Å². The molecule has 2 rings (SSSR count). The van der Waals surface area contributed by atoms with Gasteiger partial charge in [-0.3, -0.25) is 9.59 Å². The normalized spacial score (nSPS) is 27.4. The van der Waals surface area contributed by atoms with Crippen molar-refractivity contribution < 1.29 is 38.0 Å². The molecule has 0 amide bonds. The molecular weight excluding hydrogens is 324 g/mol. The van der Waals surface area contributed by atoms with Crippen LogP contribution in [0.15, 0.2) is 0 Å². The van der Waals surface area contributed by atoms with E-state index in [1.54, 1.807) is 0 Å². The fraction of sp³-hybridized carbons (Fsp3) is 0.714. The second-order valence-electron chi connectivity index (χ2n) is 5.03. The molecule has 0 bridgehead atoms. The number of ether oxygens (including phenoxy) is 6. The predicted octanol–water partition coefficient (Wildman–Crippen LogP) is -0.617. The van der Waals surface area contributed by atoms with Gasteiger partial charge in [0.05, 0.1) is 26.1 Å². The molecule has 24 heavy (non-hydrogen) atoms. The minimum absolute atomic E-state index is 0.0527. The lowest BCUT2D eigenvalue weighted by Gasteiger charge is -2.17. The zero-order valence-electron chi connectivity index (χ0n) is 12.7. The molecule has 0 aromatic rings.